The van der Waals surface area contributed by atoms with Crippen molar-refractivity contribution in [2.24, 2.45) is 12.8 Å². The van der Waals surface area contributed by atoms with Crippen LogP contribution >= 0.6 is 11.3 Å². The van der Waals surface area contributed by atoms with E-state index in [0.717, 1.165) is 40.5 Å². The molecule has 5 heteroatoms. The highest BCUT2D eigenvalue weighted by atomic mass is 32.1. The first-order chi connectivity index (χ1) is 8.92. The van der Waals surface area contributed by atoms with Crippen LogP contribution in [0.4, 0.5) is 0 Å². The van der Waals surface area contributed by atoms with E-state index in [0.29, 0.717) is 0 Å². The largest absolute Gasteiger partial charge is 0.319 e. The summed E-state index contributed by atoms with van der Waals surface area (Å²) in [5.41, 5.74) is 10.4. The SMILES string of the molecule is CCC(N)(CC)c1nc(-c2c(C)nn(C)c2C)cs1. The molecule has 2 heterocycles. The monoisotopic (exact) mass is 278 g/mol. The number of nitrogens with zero attached hydrogens (tertiary/aromatic N) is 3. The van der Waals surface area contributed by atoms with Crippen molar-refractivity contribution < 1.29 is 0 Å². The minimum Gasteiger partial charge on any atom is -0.319 e. The zero-order valence-corrected chi connectivity index (χ0v) is 13.1. The van der Waals surface area contributed by atoms with Crippen LogP contribution in [0.1, 0.15) is 43.1 Å². The molecule has 0 amide bonds. The Labute approximate surface area is 118 Å². The Morgan fingerprint density at radius 1 is 1.32 bits per heavy atom. The fraction of sp³-hybridized carbons (Fsp3) is 0.571. The van der Waals surface area contributed by atoms with Crippen molar-refractivity contribution in [1.82, 2.24) is 14.8 Å². The van der Waals surface area contributed by atoms with Gasteiger partial charge in [0.15, 0.2) is 0 Å². The normalized spacial score (nSPS) is 12.1. The molecule has 2 N–H and O–H groups in total. The van der Waals surface area contributed by atoms with E-state index in [4.69, 9.17) is 10.7 Å². The van der Waals surface area contributed by atoms with Crippen LogP contribution in [0.2, 0.25) is 0 Å². The molecule has 19 heavy (non-hydrogen) atoms. The number of hydrogen-bond acceptors (Lipinski definition) is 4. The van der Waals surface area contributed by atoms with E-state index in [-0.39, 0.29) is 5.54 Å². The number of hydrogen-bond donors (Lipinski definition) is 1. The summed E-state index contributed by atoms with van der Waals surface area (Å²) in [5.74, 6) is 0. The van der Waals surface area contributed by atoms with Crippen LogP contribution in [0.25, 0.3) is 11.3 Å². The second kappa shape index (κ2) is 5.06. The van der Waals surface area contributed by atoms with Crippen molar-refractivity contribution in [3.63, 3.8) is 0 Å². The maximum atomic E-state index is 6.42. The van der Waals surface area contributed by atoms with Gasteiger partial charge in [0.2, 0.25) is 0 Å². The van der Waals surface area contributed by atoms with Crippen LogP contribution in [-0.4, -0.2) is 14.8 Å². The topological polar surface area (TPSA) is 56.7 Å². The Hall–Kier alpha value is -1.20. The van der Waals surface area contributed by atoms with E-state index in [1.807, 2.05) is 18.7 Å². The zero-order valence-electron chi connectivity index (χ0n) is 12.3. The lowest BCUT2D eigenvalue weighted by Crippen LogP contribution is -2.34. The molecule has 4 nitrogen and oxygen atoms in total. The van der Waals surface area contributed by atoms with Crippen LogP contribution in [0.5, 0.6) is 0 Å². The van der Waals surface area contributed by atoms with E-state index in [2.05, 4.69) is 31.2 Å². The van der Waals surface area contributed by atoms with Crippen molar-refractivity contribution in [2.45, 2.75) is 46.1 Å². The number of aryl methyl sites for hydroxylation is 2. The summed E-state index contributed by atoms with van der Waals surface area (Å²) < 4.78 is 1.90. The summed E-state index contributed by atoms with van der Waals surface area (Å²) in [7, 11) is 1.96. The van der Waals surface area contributed by atoms with Crippen LogP contribution < -0.4 is 5.73 Å². The summed E-state index contributed by atoms with van der Waals surface area (Å²) in [6.45, 7) is 8.33. The van der Waals surface area contributed by atoms with Gasteiger partial charge in [-0.1, -0.05) is 13.8 Å². The highest BCUT2D eigenvalue weighted by Crippen LogP contribution is 2.33. The number of rotatable bonds is 4. The minimum absolute atomic E-state index is 0.299. The Bertz CT molecular complexity index is 578. The molecule has 0 fully saturated rings. The van der Waals surface area contributed by atoms with Crippen LogP contribution in [-0.2, 0) is 12.6 Å². The lowest BCUT2D eigenvalue weighted by molar-refractivity contribution is 0.411. The lowest BCUT2D eigenvalue weighted by atomic mass is 9.95. The molecular formula is C14H22N4S. The molecular weight excluding hydrogens is 256 g/mol. The smallest absolute Gasteiger partial charge is 0.113 e. The first kappa shape index (κ1) is 14.2. The second-order valence-electron chi connectivity index (χ2n) is 5.07. The van der Waals surface area contributed by atoms with Gasteiger partial charge in [0.1, 0.15) is 5.01 Å². The van der Waals surface area contributed by atoms with Crippen molar-refractivity contribution in [2.75, 3.05) is 0 Å². The summed E-state index contributed by atoms with van der Waals surface area (Å²) in [4.78, 5) is 4.77. The summed E-state index contributed by atoms with van der Waals surface area (Å²) >= 11 is 1.65. The van der Waals surface area contributed by atoms with Gasteiger partial charge >= 0.3 is 0 Å². The van der Waals surface area contributed by atoms with Crippen LogP contribution in [0, 0.1) is 13.8 Å². The molecule has 0 bridgehead atoms. The number of thiazole rings is 1. The third-order valence-electron chi connectivity index (χ3n) is 3.96. The van der Waals surface area contributed by atoms with Crippen molar-refractivity contribution in [1.29, 1.82) is 0 Å². The third kappa shape index (κ3) is 2.32. The van der Waals surface area contributed by atoms with Gasteiger partial charge < -0.3 is 5.73 Å². The maximum Gasteiger partial charge on any atom is 0.113 e. The van der Waals surface area contributed by atoms with Gasteiger partial charge in [-0.2, -0.15) is 5.10 Å². The molecule has 0 aliphatic carbocycles. The van der Waals surface area contributed by atoms with Gasteiger partial charge in [-0.15, -0.1) is 11.3 Å². The number of aromatic nitrogens is 3. The van der Waals surface area contributed by atoms with Crippen molar-refractivity contribution >= 4 is 11.3 Å². The Kier molecular flexibility index (Phi) is 3.78. The molecule has 0 aliphatic rings. The molecule has 0 spiro atoms. The number of nitrogens with two attached hydrogens (primary N) is 1. The molecule has 0 saturated heterocycles. The molecule has 0 aliphatic heterocycles. The molecule has 2 aromatic rings. The Morgan fingerprint density at radius 2 is 1.95 bits per heavy atom. The van der Waals surface area contributed by atoms with Crippen molar-refractivity contribution in [3.05, 3.63) is 21.8 Å². The van der Waals surface area contributed by atoms with E-state index >= 15 is 0 Å². The average molecular weight is 278 g/mol. The molecule has 2 rings (SSSR count). The first-order valence-electron chi connectivity index (χ1n) is 6.68. The molecule has 0 atom stereocenters. The van der Waals surface area contributed by atoms with E-state index in [9.17, 15) is 0 Å². The van der Waals surface area contributed by atoms with Gasteiger partial charge in [0.25, 0.3) is 0 Å². The van der Waals surface area contributed by atoms with Gasteiger partial charge in [-0.3, -0.25) is 4.68 Å². The van der Waals surface area contributed by atoms with E-state index in [1.54, 1.807) is 11.3 Å². The molecule has 0 aromatic carbocycles. The van der Waals surface area contributed by atoms with Gasteiger partial charge in [-0.05, 0) is 26.7 Å². The Morgan fingerprint density at radius 3 is 2.42 bits per heavy atom. The van der Waals surface area contributed by atoms with Gasteiger partial charge in [-0.25, -0.2) is 4.98 Å². The van der Waals surface area contributed by atoms with E-state index in [1.165, 1.54) is 0 Å². The standard InChI is InChI=1S/C14H22N4S/c1-6-14(15,7-2)13-16-11(8-19-13)12-9(3)17-18(5)10(12)4/h8H,6-7,15H2,1-5H3. The van der Waals surface area contributed by atoms with Crippen LogP contribution in [0.3, 0.4) is 0 Å². The third-order valence-corrected chi connectivity index (χ3v) is 5.02. The van der Waals surface area contributed by atoms with Gasteiger partial charge in [0.05, 0.1) is 16.9 Å². The molecule has 0 radical (unpaired) electrons. The summed E-state index contributed by atoms with van der Waals surface area (Å²) in [6.07, 6.45) is 1.81. The Balaban J connectivity index is 2.47. The zero-order chi connectivity index (χ0) is 14.2. The summed E-state index contributed by atoms with van der Waals surface area (Å²) in [5, 5.41) is 7.57. The fourth-order valence-corrected chi connectivity index (χ4v) is 3.38. The quantitative estimate of drug-likeness (QED) is 0.934. The molecule has 0 unspecified atom stereocenters. The molecule has 2 aromatic heterocycles. The average Bonchev–Trinajstić information content (AvgIpc) is 2.95. The highest BCUT2D eigenvalue weighted by molar-refractivity contribution is 7.10. The summed E-state index contributed by atoms with van der Waals surface area (Å²) in [6, 6.07) is 0. The lowest BCUT2D eigenvalue weighted by Gasteiger charge is -2.23. The predicted molar refractivity (Wildman–Crippen MR) is 80.2 cm³/mol. The fourth-order valence-electron chi connectivity index (χ4n) is 2.31. The highest BCUT2D eigenvalue weighted by Gasteiger charge is 2.27. The minimum atomic E-state index is -0.299. The van der Waals surface area contributed by atoms with Gasteiger partial charge in [0, 0.05) is 23.7 Å². The first-order valence-corrected chi connectivity index (χ1v) is 7.56. The van der Waals surface area contributed by atoms with Crippen molar-refractivity contribution in [3.8, 4) is 11.3 Å². The van der Waals surface area contributed by atoms with E-state index < -0.39 is 0 Å². The van der Waals surface area contributed by atoms with Crippen LogP contribution in [0.15, 0.2) is 5.38 Å². The molecule has 0 saturated carbocycles. The second-order valence-corrected chi connectivity index (χ2v) is 5.93. The molecule has 104 valence electrons. The maximum absolute atomic E-state index is 6.42. The predicted octanol–water partition coefficient (Wildman–Crippen LogP) is 3.13.